The molecular formula is C14H19N5O. The summed E-state index contributed by atoms with van der Waals surface area (Å²) in [5, 5.41) is 10.3. The van der Waals surface area contributed by atoms with Crippen LogP contribution in [0.4, 0.5) is 0 Å². The highest BCUT2D eigenvalue weighted by molar-refractivity contribution is 5.15. The third-order valence-electron chi connectivity index (χ3n) is 3.81. The minimum absolute atomic E-state index is 0.0393. The van der Waals surface area contributed by atoms with E-state index < -0.39 is 0 Å². The van der Waals surface area contributed by atoms with Gasteiger partial charge in [-0.1, -0.05) is 0 Å². The largest absolute Gasteiger partial charge is 0.319 e. The van der Waals surface area contributed by atoms with E-state index in [1.54, 1.807) is 17.7 Å². The fourth-order valence-corrected chi connectivity index (χ4v) is 2.63. The molecular weight excluding hydrogens is 254 g/mol. The lowest BCUT2D eigenvalue weighted by atomic mass is 10.1. The molecule has 106 valence electrons. The predicted octanol–water partition coefficient (Wildman–Crippen LogP) is 0.255. The molecule has 3 rings (SSSR count). The zero-order chi connectivity index (χ0) is 13.9. The molecule has 2 N–H and O–H groups in total. The Bertz CT molecular complexity index is 619. The van der Waals surface area contributed by atoms with Gasteiger partial charge in [0.1, 0.15) is 0 Å². The van der Waals surface area contributed by atoms with Gasteiger partial charge < -0.3 is 9.88 Å². The molecule has 1 fully saturated rings. The molecule has 3 heterocycles. The number of hydrogen-bond acceptors (Lipinski definition) is 4. The minimum atomic E-state index is 0.0393. The van der Waals surface area contributed by atoms with Gasteiger partial charge in [-0.2, -0.15) is 5.10 Å². The average molecular weight is 273 g/mol. The first kappa shape index (κ1) is 13.1. The van der Waals surface area contributed by atoms with E-state index in [9.17, 15) is 4.79 Å². The Labute approximate surface area is 117 Å². The molecule has 0 saturated carbocycles. The lowest BCUT2D eigenvalue weighted by Gasteiger charge is -2.35. The van der Waals surface area contributed by atoms with Crippen molar-refractivity contribution in [3.63, 3.8) is 0 Å². The summed E-state index contributed by atoms with van der Waals surface area (Å²) < 4.78 is 1.59. The van der Waals surface area contributed by atoms with Crippen LogP contribution in [0.1, 0.15) is 17.2 Å². The molecule has 20 heavy (non-hydrogen) atoms. The van der Waals surface area contributed by atoms with Gasteiger partial charge in [0.25, 0.3) is 5.56 Å². The second-order valence-corrected chi connectivity index (χ2v) is 5.21. The Morgan fingerprint density at radius 2 is 2.40 bits per heavy atom. The van der Waals surface area contributed by atoms with Crippen LogP contribution in [0.5, 0.6) is 0 Å². The minimum Gasteiger partial charge on any atom is -0.319 e. The summed E-state index contributed by atoms with van der Waals surface area (Å²) >= 11 is 0. The normalized spacial score (nSPS) is 20.1. The molecule has 0 spiro atoms. The number of piperazine rings is 1. The number of aromatic nitrogens is 3. The molecule has 1 unspecified atom stereocenters. The maximum Gasteiger partial charge on any atom is 0.250 e. The number of pyridine rings is 1. The smallest absolute Gasteiger partial charge is 0.250 e. The van der Waals surface area contributed by atoms with Crippen LogP contribution in [0.3, 0.4) is 0 Å². The molecule has 0 aromatic carbocycles. The zero-order valence-corrected chi connectivity index (χ0v) is 11.5. The molecule has 0 bridgehead atoms. The third-order valence-corrected chi connectivity index (χ3v) is 3.81. The molecule has 0 aliphatic carbocycles. The van der Waals surface area contributed by atoms with Crippen molar-refractivity contribution in [1.29, 1.82) is 0 Å². The van der Waals surface area contributed by atoms with Crippen LogP contribution in [0.2, 0.25) is 0 Å². The molecule has 6 nitrogen and oxygen atoms in total. The summed E-state index contributed by atoms with van der Waals surface area (Å²) in [6.07, 6.45) is 5.64. The predicted molar refractivity (Wildman–Crippen MR) is 76.3 cm³/mol. The standard InChI is InChI=1S/C14H19N5O/c1-18-4-2-11(6-14(18)20)10-19-5-3-15-9-13(19)12-7-16-17-8-12/h2,4,6-8,13,15H,3,5,9-10H2,1H3,(H,16,17). The summed E-state index contributed by atoms with van der Waals surface area (Å²) in [6.45, 7) is 3.63. The number of nitrogens with zero attached hydrogens (tertiary/aromatic N) is 3. The number of rotatable bonds is 3. The van der Waals surface area contributed by atoms with Crippen molar-refractivity contribution in [3.05, 3.63) is 52.2 Å². The second-order valence-electron chi connectivity index (χ2n) is 5.21. The lowest BCUT2D eigenvalue weighted by molar-refractivity contribution is 0.153. The Morgan fingerprint density at radius 3 is 3.15 bits per heavy atom. The van der Waals surface area contributed by atoms with Crippen LogP contribution in [0, 0.1) is 0 Å². The van der Waals surface area contributed by atoms with E-state index in [2.05, 4.69) is 20.4 Å². The summed E-state index contributed by atoms with van der Waals surface area (Å²) in [5.74, 6) is 0. The highest BCUT2D eigenvalue weighted by Crippen LogP contribution is 2.22. The molecule has 6 heteroatoms. The van der Waals surface area contributed by atoms with Crippen molar-refractivity contribution in [2.24, 2.45) is 7.05 Å². The highest BCUT2D eigenvalue weighted by atomic mass is 16.1. The number of aryl methyl sites for hydroxylation is 1. The van der Waals surface area contributed by atoms with Gasteiger partial charge in [-0.3, -0.25) is 14.8 Å². The van der Waals surface area contributed by atoms with E-state index in [0.29, 0.717) is 6.04 Å². The van der Waals surface area contributed by atoms with Crippen molar-refractivity contribution < 1.29 is 0 Å². The molecule has 1 saturated heterocycles. The van der Waals surface area contributed by atoms with E-state index in [1.165, 1.54) is 5.56 Å². The maximum atomic E-state index is 11.7. The lowest BCUT2D eigenvalue weighted by Crippen LogP contribution is -2.45. The van der Waals surface area contributed by atoms with E-state index >= 15 is 0 Å². The molecule has 1 aliphatic rings. The molecule has 0 amide bonds. The van der Waals surface area contributed by atoms with Gasteiger partial charge in [-0.05, 0) is 11.6 Å². The second kappa shape index (κ2) is 5.60. The number of aromatic amines is 1. The van der Waals surface area contributed by atoms with E-state index in [1.807, 2.05) is 24.7 Å². The number of hydrogen-bond donors (Lipinski definition) is 2. The maximum absolute atomic E-state index is 11.7. The van der Waals surface area contributed by atoms with Crippen LogP contribution >= 0.6 is 0 Å². The van der Waals surface area contributed by atoms with Crippen molar-refractivity contribution in [2.45, 2.75) is 12.6 Å². The SMILES string of the molecule is Cn1ccc(CN2CCNCC2c2cn[nH]c2)cc1=O. The molecule has 1 aliphatic heterocycles. The fraction of sp³-hybridized carbons (Fsp3) is 0.429. The van der Waals surface area contributed by atoms with E-state index in [4.69, 9.17) is 0 Å². The van der Waals surface area contributed by atoms with Crippen LogP contribution in [-0.2, 0) is 13.6 Å². The quantitative estimate of drug-likeness (QED) is 0.841. The van der Waals surface area contributed by atoms with E-state index in [0.717, 1.165) is 31.7 Å². The molecule has 2 aromatic heterocycles. The van der Waals surface area contributed by atoms with Crippen LogP contribution in [0.25, 0.3) is 0 Å². The van der Waals surface area contributed by atoms with Gasteiger partial charge in [-0.25, -0.2) is 0 Å². The Hall–Kier alpha value is -1.92. The number of H-pyrrole nitrogens is 1. The summed E-state index contributed by atoms with van der Waals surface area (Å²) in [5.41, 5.74) is 2.28. The first-order chi connectivity index (χ1) is 9.74. The summed E-state index contributed by atoms with van der Waals surface area (Å²) in [4.78, 5) is 14.1. The number of nitrogens with one attached hydrogen (secondary N) is 2. The topological polar surface area (TPSA) is 66.0 Å². The Morgan fingerprint density at radius 1 is 1.50 bits per heavy atom. The van der Waals surface area contributed by atoms with Gasteiger partial charge in [0.15, 0.2) is 0 Å². The van der Waals surface area contributed by atoms with Crippen molar-refractivity contribution in [3.8, 4) is 0 Å². The first-order valence-electron chi connectivity index (χ1n) is 6.83. The van der Waals surface area contributed by atoms with Gasteiger partial charge >= 0.3 is 0 Å². The molecule has 0 radical (unpaired) electrons. The van der Waals surface area contributed by atoms with Crippen molar-refractivity contribution >= 4 is 0 Å². The van der Waals surface area contributed by atoms with Crippen LogP contribution < -0.4 is 10.9 Å². The van der Waals surface area contributed by atoms with Crippen LogP contribution in [-0.4, -0.2) is 39.3 Å². The monoisotopic (exact) mass is 273 g/mol. The zero-order valence-electron chi connectivity index (χ0n) is 11.5. The van der Waals surface area contributed by atoms with Crippen molar-refractivity contribution in [1.82, 2.24) is 25.0 Å². The van der Waals surface area contributed by atoms with Crippen molar-refractivity contribution in [2.75, 3.05) is 19.6 Å². The summed E-state index contributed by atoms with van der Waals surface area (Å²) in [6, 6.07) is 4.02. The van der Waals surface area contributed by atoms with E-state index in [-0.39, 0.29) is 5.56 Å². The highest BCUT2D eigenvalue weighted by Gasteiger charge is 2.24. The van der Waals surface area contributed by atoms with Crippen LogP contribution in [0.15, 0.2) is 35.5 Å². The first-order valence-corrected chi connectivity index (χ1v) is 6.83. The Balaban J connectivity index is 1.80. The fourth-order valence-electron chi connectivity index (χ4n) is 2.63. The molecule has 2 aromatic rings. The van der Waals surface area contributed by atoms with Gasteiger partial charge in [0, 0.05) is 57.3 Å². The average Bonchev–Trinajstić information content (AvgIpc) is 2.97. The molecule has 1 atom stereocenters. The van der Waals surface area contributed by atoms with Gasteiger partial charge in [-0.15, -0.1) is 0 Å². The van der Waals surface area contributed by atoms with Gasteiger partial charge in [0.05, 0.1) is 12.2 Å². The third kappa shape index (κ3) is 2.66. The summed E-state index contributed by atoms with van der Waals surface area (Å²) in [7, 11) is 1.77. The van der Waals surface area contributed by atoms with Gasteiger partial charge in [0.2, 0.25) is 0 Å². The Kier molecular flexibility index (Phi) is 3.66.